The van der Waals surface area contributed by atoms with Crippen molar-refractivity contribution in [1.29, 1.82) is 0 Å². The highest BCUT2D eigenvalue weighted by Crippen LogP contribution is 2.44. The number of hydrogen-bond acceptors (Lipinski definition) is 9. The van der Waals surface area contributed by atoms with Crippen LogP contribution in [0.3, 0.4) is 0 Å². The van der Waals surface area contributed by atoms with Gasteiger partial charge in [0.2, 0.25) is 5.88 Å². The number of aromatic nitrogens is 4. The van der Waals surface area contributed by atoms with Crippen molar-refractivity contribution in [2.75, 3.05) is 31.2 Å². The van der Waals surface area contributed by atoms with Crippen LogP contribution in [0.2, 0.25) is 5.02 Å². The van der Waals surface area contributed by atoms with E-state index >= 15 is 0 Å². The van der Waals surface area contributed by atoms with E-state index in [9.17, 15) is 14.7 Å². The minimum atomic E-state index is -0.625. The quantitative estimate of drug-likeness (QED) is 0.327. The average molecular weight is 578 g/mol. The lowest BCUT2D eigenvalue weighted by molar-refractivity contribution is 0.0988. The number of rotatable bonds is 6. The Morgan fingerprint density at radius 1 is 1.18 bits per heavy atom. The summed E-state index contributed by atoms with van der Waals surface area (Å²) >= 11 is 8.04. The number of hydrogen-bond donors (Lipinski definition) is 1. The molecular weight excluding hydrogens is 550 g/mol. The first-order chi connectivity index (χ1) is 19.3. The molecule has 9 nitrogen and oxygen atoms in total. The van der Waals surface area contributed by atoms with E-state index in [2.05, 4.69) is 26.8 Å². The number of pyridine rings is 1. The lowest BCUT2D eigenvalue weighted by atomic mass is 9.72. The van der Waals surface area contributed by atoms with Crippen LogP contribution in [0.15, 0.2) is 69.7 Å². The standard InChI is InChI=1S/C29H28ClN5O4S/c1-18-16-39-17-29(18)8-11-34(12-9-29)23-14-32-24(15-31-23)40-21-6-4-5-19(26(21)30)13-20(36)25-27(37)33-22-7-2-3-10-35(22)28(25)38/h2-7,10,14-15,18,37H,8-9,11-13,16-17H2,1H3/t18-/m1/s1. The van der Waals surface area contributed by atoms with Gasteiger partial charge in [-0.1, -0.05) is 48.5 Å². The van der Waals surface area contributed by atoms with Gasteiger partial charge in [0.05, 0.1) is 24.0 Å². The molecule has 2 saturated heterocycles. The number of ether oxygens (including phenoxy) is 1. The molecule has 1 aromatic carbocycles. The first kappa shape index (κ1) is 26.7. The summed E-state index contributed by atoms with van der Waals surface area (Å²) in [6.07, 6.45) is 7.05. The Labute approximate surface area is 240 Å². The molecule has 1 spiro atoms. The van der Waals surface area contributed by atoms with Gasteiger partial charge in [-0.15, -0.1) is 0 Å². The number of Topliss-reactive ketones (excluding diaryl/α,β-unsaturated/α-hetero) is 1. The Bertz CT molecular complexity index is 1640. The monoisotopic (exact) mass is 577 g/mol. The van der Waals surface area contributed by atoms with Gasteiger partial charge < -0.3 is 14.7 Å². The SMILES string of the molecule is C[C@@H]1COCC12CCN(c1cnc(Sc3cccc(CC(=O)c4c(O)nc5ccccn5c4=O)c3Cl)cn1)CC2. The minimum Gasteiger partial charge on any atom is -0.493 e. The van der Waals surface area contributed by atoms with Gasteiger partial charge in [-0.05, 0) is 42.5 Å². The summed E-state index contributed by atoms with van der Waals surface area (Å²) in [4.78, 5) is 42.2. The maximum atomic E-state index is 13.1. The summed E-state index contributed by atoms with van der Waals surface area (Å²) in [7, 11) is 0. The summed E-state index contributed by atoms with van der Waals surface area (Å²) in [5.74, 6) is 0.286. The number of aromatic hydroxyl groups is 1. The van der Waals surface area contributed by atoms with Crippen LogP contribution in [0, 0.1) is 11.3 Å². The van der Waals surface area contributed by atoms with Gasteiger partial charge in [-0.25, -0.2) is 9.97 Å². The molecule has 1 N–H and O–H groups in total. The van der Waals surface area contributed by atoms with Crippen LogP contribution in [-0.2, 0) is 11.2 Å². The molecule has 2 aliphatic rings. The number of piperidine rings is 1. The third-order valence-electron chi connectivity index (χ3n) is 8.10. The van der Waals surface area contributed by atoms with E-state index in [-0.39, 0.29) is 17.6 Å². The lowest BCUT2D eigenvalue weighted by Gasteiger charge is -2.41. The van der Waals surface area contributed by atoms with Crippen molar-refractivity contribution in [3.8, 4) is 5.88 Å². The molecular formula is C29H28ClN5O4S. The number of nitrogens with zero attached hydrogens (tertiary/aromatic N) is 5. The van der Waals surface area contributed by atoms with Crippen LogP contribution in [0.1, 0.15) is 35.7 Å². The summed E-state index contributed by atoms with van der Waals surface area (Å²) in [5.41, 5.74) is 0.0938. The second kappa shape index (κ2) is 10.8. The van der Waals surface area contributed by atoms with Gasteiger partial charge in [-0.3, -0.25) is 14.0 Å². The average Bonchev–Trinajstić information content (AvgIpc) is 3.30. The van der Waals surface area contributed by atoms with Crippen LogP contribution in [-0.4, -0.2) is 56.5 Å². The Kier molecular flexibility index (Phi) is 7.24. The summed E-state index contributed by atoms with van der Waals surface area (Å²) in [6, 6.07) is 10.3. The molecule has 0 aliphatic carbocycles. The van der Waals surface area contributed by atoms with E-state index in [1.54, 1.807) is 42.7 Å². The number of carbonyl (C=O) groups is 1. The van der Waals surface area contributed by atoms with Crippen LogP contribution in [0.25, 0.3) is 5.65 Å². The smallest absolute Gasteiger partial charge is 0.272 e. The second-order valence-corrected chi connectivity index (χ2v) is 11.9. The Balaban J connectivity index is 1.15. The molecule has 1 atom stereocenters. The predicted molar refractivity (Wildman–Crippen MR) is 153 cm³/mol. The van der Waals surface area contributed by atoms with Gasteiger partial charge in [0.15, 0.2) is 5.78 Å². The van der Waals surface area contributed by atoms with E-state index < -0.39 is 17.2 Å². The van der Waals surface area contributed by atoms with Crippen molar-refractivity contribution < 1.29 is 14.6 Å². The summed E-state index contributed by atoms with van der Waals surface area (Å²) < 4.78 is 6.97. The molecule has 11 heteroatoms. The van der Waals surface area contributed by atoms with E-state index in [1.165, 1.54) is 22.4 Å². The topological polar surface area (TPSA) is 110 Å². The van der Waals surface area contributed by atoms with Gasteiger partial charge in [0, 0.05) is 42.6 Å². The number of benzene rings is 1. The van der Waals surface area contributed by atoms with Gasteiger partial charge in [-0.2, -0.15) is 4.98 Å². The number of fused-ring (bicyclic) bond motifs is 1. The van der Waals surface area contributed by atoms with Crippen molar-refractivity contribution in [3.05, 3.63) is 81.5 Å². The molecule has 6 rings (SSSR count). The van der Waals surface area contributed by atoms with Crippen LogP contribution in [0.5, 0.6) is 5.88 Å². The third-order valence-corrected chi connectivity index (χ3v) is 9.64. The fourth-order valence-corrected chi connectivity index (χ4v) is 6.68. The van der Waals surface area contributed by atoms with Crippen molar-refractivity contribution in [3.63, 3.8) is 0 Å². The largest absolute Gasteiger partial charge is 0.493 e. The second-order valence-electron chi connectivity index (χ2n) is 10.5. The zero-order valence-electron chi connectivity index (χ0n) is 21.9. The van der Waals surface area contributed by atoms with E-state index in [0.29, 0.717) is 31.8 Å². The molecule has 0 saturated carbocycles. The van der Waals surface area contributed by atoms with Crippen LogP contribution < -0.4 is 10.5 Å². The highest BCUT2D eigenvalue weighted by atomic mass is 35.5. The maximum Gasteiger partial charge on any atom is 0.272 e. The molecule has 3 aromatic heterocycles. The van der Waals surface area contributed by atoms with Gasteiger partial charge in [0.1, 0.15) is 22.1 Å². The Morgan fingerprint density at radius 3 is 2.73 bits per heavy atom. The Morgan fingerprint density at radius 2 is 2.00 bits per heavy atom. The predicted octanol–water partition coefficient (Wildman–Crippen LogP) is 4.67. The number of ketones is 1. The van der Waals surface area contributed by atoms with Crippen LogP contribution >= 0.6 is 23.4 Å². The zero-order valence-corrected chi connectivity index (χ0v) is 23.5. The Hall–Kier alpha value is -3.47. The first-order valence-corrected chi connectivity index (χ1v) is 14.4. The van der Waals surface area contributed by atoms with Crippen molar-refractivity contribution >= 4 is 40.6 Å². The highest BCUT2D eigenvalue weighted by molar-refractivity contribution is 7.99. The normalized spacial score (nSPS) is 18.4. The molecule has 0 bridgehead atoms. The summed E-state index contributed by atoms with van der Waals surface area (Å²) in [6.45, 7) is 5.86. The molecule has 4 aromatic rings. The zero-order chi connectivity index (χ0) is 27.9. The van der Waals surface area contributed by atoms with Gasteiger partial charge in [0.25, 0.3) is 5.56 Å². The molecule has 40 heavy (non-hydrogen) atoms. The van der Waals surface area contributed by atoms with Crippen molar-refractivity contribution in [1.82, 2.24) is 19.4 Å². The van der Waals surface area contributed by atoms with E-state index in [1.807, 2.05) is 6.07 Å². The number of halogens is 1. The fraction of sp³-hybridized carbons (Fsp3) is 0.345. The first-order valence-electron chi connectivity index (χ1n) is 13.2. The summed E-state index contributed by atoms with van der Waals surface area (Å²) in [5, 5.41) is 11.4. The molecule has 2 fully saturated rings. The number of anilines is 1. The van der Waals surface area contributed by atoms with Crippen molar-refractivity contribution in [2.45, 2.75) is 36.1 Å². The third kappa shape index (κ3) is 4.95. The maximum absolute atomic E-state index is 13.1. The molecule has 2 aliphatic heterocycles. The van der Waals surface area contributed by atoms with E-state index in [0.717, 1.165) is 45.0 Å². The van der Waals surface area contributed by atoms with E-state index in [4.69, 9.17) is 16.3 Å². The molecule has 5 heterocycles. The molecule has 0 amide bonds. The number of carbonyl (C=O) groups excluding carboxylic acids is 1. The minimum absolute atomic E-state index is 0.165. The highest BCUT2D eigenvalue weighted by Gasteiger charge is 2.43. The van der Waals surface area contributed by atoms with Crippen LogP contribution in [0.4, 0.5) is 5.82 Å². The fourth-order valence-electron chi connectivity index (χ4n) is 5.57. The lowest BCUT2D eigenvalue weighted by Crippen LogP contribution is -2.43. The van der Waals surface area contributed by atoms with Crippen molar-refractivity contribution in [2.24, 2.45) is 11.3 Å². The molecule has 0 radical (unpaired) electrons. The molecule has 0 unspecified atom stereocenters. The van der Waals surface area contributed by atoms with Gasteiger partial charge >= 0.3 is 0 Å². The molecule has 206 valence electrons.